The lowest BCUT2D eigenvalue weighted by Crippen LogP contribution is -2.57. The first-order valence-electron chi connectivity index (χ1n) is 5.67. The van der Waals surface area contributed by atoms with E-state index in [1.54, 1.807) is 6.92 Å². The number of ether oxygens (including phenoxy) is 3. The first-order valence-corrected chi connectivity index (χ1v) is 5.67. The van der Waals surface area contributed by atoms with Gasteiger partial charge in [-0.1, -0.05) is 0 Å². The van der Waals surface area contributed by atoms with Crippen LogP contribution in [0, 0.1) is 0 Å². The Labute approximate surface area is 100 Å². The maximum Gasteiger partial charge on any atom is 0.186 e. The number of hydrogen-bond donors (Lipinski definition) is 4. The first kappa shape index (κ1) is 14.8. The fourth-order valence-corrected chi connectivity index (χ4v) is 1.56. The third kappa shape index (κ3) is 4.14. The average molecular weight is 251 g/mol. The van der Waals surface area contributed by atoms with Crippen LogP contribution in [-0.2, 0) is 14.2 Å². The minimum Gasteiger partial charge on any atom is -0.388 e. The highest BCUT2D eigenvalue weighted by Crippen LogP contribution is 2.21. The van der Waals surface area contributed by atoms with Gasteiger partial charge in [0.05, 0.1) is 25.9 Å². The molecule has 1 aliphatic heterocycles. The fourth-order valence-electron chi connectivity index (χ4n) is 1.56. The highest BCUT2D eigenvalue weighted by atomic mass is 16.7. The van der Waals surface area contributed by atoms with Gasteiger partial charge in [0.25, 0.3) is 0 Å². The summed E-state index contributed by atoms with van der Waals surface area (Å²) >= 11 is 0. The topological polar surface area (TPSA) is 114 Å². The molecule has 0 spiro atoms. The number of hydrogen-bond acceptors (Lipinski definition) is 7. The Hall–Kier alpha value is -0.280. The number of aliphatic hydroxyl groups is 3. The molecule has 1 fully saturated rings. The second kappa shape index (κ2) is 7.22. The zero-order valence-electron chi connectivity index (χ0n) is 9.86. The van der Waals surface area contributed by atoms with Gasteiger partial charge in [0, 0.05) is 6.54 Å². The van der Waals surface area contributed by atoms with Crippen molar-refractivity contribution >= 4 is 0 Å². The lowest BCUT2D eigenvalue weighted by molar-refractivity contribution is -0.294. The van der Waals surface area contributed by atoms with Crippen LogP contribution in [0.3, 0.4) is 0 Å². The molecule has 5 N–H and O–H groups in total. The van der Waals surface area contributed by atoms with Crippen molar-refractivity contribution in [3.05, 3.63) is 0 Å². The Morgan fingerprint density at radius 1 is 1.06 bits per heavy atom. The number of aliphatic hydroxyl groups excluding tert-OH is 3. The Bertz CT molecular complexity index is 217. The maximum absolute atomic E-state index is 9.61. The Kier molecular flexibility index (Phi) is 6.28. The molecule has 0 aromatic carbocycles. The minimum atomic E-state index is -1.27. The lowest BCUT2D eigenvalue weighted by atomic mass is 10.0. The maximum atomic E-state index is 9.61. The Morgan fingerprint density at radius 3 is 2.41 bits per heavy atom. The molecule has 17 heavy (non-hydrogen) atoms. The average Bonchev–Trinajstić information content (AvgIpc) is 2.32. The third-order valence-electron chi connectivity index (χ3n) is 2.58. The van der Waals surface area contributed by atoms with E-state index in [9.17, 15) is 15.3 Å². The van der Waals surface area contributed by atoms with Gasteiger partial charge in [0.1, 0.15) is 18.3 Å². The third-order valence-corrected chi connectivity index (χ3v) is 2.58. The summed E-state index contributed by atoms with van der Waals surface area (Å²) in [5.74, 6) is 0. The van der Waals surface area contributed by atoms with Gasteiger partial charge in [-0.05, 0) is 6.92 Å². The molecule has 0 radical (unpaired) electrons. The summed E-state index contributed by atoms with van der Waals surface area (Å²) in [6.45, 7) is 3.02. The molecule has 0 amide bonds. The SMILES string of the molecule is C[C@@H]1OC(OCCOCCN)[C@@H](O)C(O)[C@H]1O. The van der Waals surface area contributed by atoms with Crippen LogP contribution in [0.1, 0.15) is 6.92 Å². The summed E-state index contributed by atoms with van der Waals surface area (Å²) in [5.41, 5.74) is 5.24. The van der Waals surface area contributed by atoms with Crippen molar-refractivity contribution in [3.8, 4) is 0 Å². The summed E-state index contributed by atoms with van der Waals surface area (Å²) in [6, 6.07) is 0. The molecule has 7 nitrogen and oxygen atoms in total. The summed E-state index contributed by atoms with van der Waals surface area (Å²) in [4.78, 5) is 0. The summed E-state index contributed by atoms with van der Waals surface area (Å²) in [5, 5.41) is 28.6. The predicted octanol–water partition coefficient (Wildman–Crippen LogP) is -2.19. The second-order valence-corrected chi connectivity index (χ2v) is 3.95. The van der Waals surface area contributed by atoms with E-state index in [-0.39, 0.29) is 6.61 Å². The van der Waals surface area contributed by atoms with Gasteiger partial charge in [-0.15, -0.1) is 0 Å². The van der Waals surface area contributed by atoms with Crippen molar-refractivity contribution in [2.45, 2.75) is 37.6 Å². The standard InChI is InChI=1S/C10H21NO6/c1-6-7(12)8(13)9(14)10(17-6)16-5-4-15-3-2-11/h6-10,12-14H,2-5,11H2,1H3/t6-,7-,8?,9-,10?/m0/s1. The van der Waals surface area contributed by atoms with Crippen molar-refractivity contribution < 1.29 is 29.5 Å². The highest BCUT2D eigenvalue weighted by molar-refractivity contribution is 4.87. The second-order valence-electron chi connectivity index (χ2n) is 3.95. The molecule has 0 saturated carbocycles. The van der Waals surface area contributed by atoms with Gasteiger partial charge in [0.15, 0.2) is 6.29 Å². The zero-order valence-corrected chi connectivity index (χ0v) is 9.86. The van der Waals surface area contributed by atoms with E-state index >= 15 is 0 Å². The van der Waals surface area contributed by atoms with Gasteiger partial charge in [0.2, 0.25) is 0 Å². The monoisotopic (exact) mass is 251 g/mol. The summed E-state index contributed by atoms with van der Waals surface area (Å²) in [7, 11) is 0. The quantitative estimate of drug-likeness (QED) is 0.396. The molecule has 1 rings (SSSR count). The Balaban J connectivity index is 2.28. The molecule has 102 valence electrons. The molecule has 7 heteroatoms. The van der Waals surface area contributed by atoms with Gasteiger partial charge in [-0.3, -0.25) is 0 Å². The fraction of sp³-hybridized carbons (Fsp3) is 1.00. The van der Waals surface area contributed by atoms with Crippen molar-refractivity contribution in [2.75, 3.05) is 26.4 Å². The molecular formula is C10H21NO6. The molecule has 0 aromatic heterocycles. The van der Waals surface area contributed by atoms with Crippen LogP contribution in [0.15, 0.2) is 0 Å². The van der Waals surface area contributed by atoms with Crippen LogP contribution in [0.25, 0.3) is 0 Å². The van der Waals surface area contributed by atoms with E-state index in [4.69, 9.17) is 19.9 Å². The van der Waals surface area contributed by atoms with Crippen LogP contribution >= 0.6 is 0 Å². The van der Waals surface area contributed by atoms with E-state index < -0.39 is 30.7 Å². The van der Waals surface area contributed by atoms with E-state index in [1.165, 1.54) is 0 Å². The molecule has 1 saturated heterocycles. The zero-order chi connectivity index (χ0) is 12.8. The largest absolute Gasteiger partial charge is 0.388 e. The molecule has 2 unspecified atom stereocenters. The minimum absolute atomic E-state index is 0.220. The normalized spacial score (nSPS) is 38.3. The smallest absolute Gasteiger partial charge is 0.186 e. The van der Waals surface area contributed by atoms with Gasteiger partial charge in [-0.25, -0.2) is 0 Å². The molecule has 0 aromatic rings. The van der Waals surface area contributed by atoms with Gasteiger partial charge >= 0.3 is 0 Å². The lowest BCUT2D eigenvalue weighted by Gasteiger charge is -2.38. The van der Waals surface area contributed by atoms with Gasteiger partial charge in [-0.2, -0.15) is 0 Å². The van der Waals surface area contributed by atoms with Crippen LogP contribution in [0.5, 0.6) is 0 Å². The molecule has 0 aliphatic carbocycles. The van der Waals surface area contributed by atoms with E-state index in [0.29, 0.717) is 19.8 Å². The Morgan fingerprint density at radius 2 is 1.76 bits per heavy atom. The summed E-state index contributed by atoms with van der Waals surface area (Å²) in [6.07, 6.45) is -5.20. The van der Waals surface area contributed by atoms with Crippen molar-refractivity contribution in [1.29, 1.82) is 0 Å². The van der Waals surface area contributed by atoms with E-state index in [2.05, 4.69) is 0 Å². The predicted molar refractivity (Wildman–Crippen MR) is 58.2 cm³/mol. The molecule has 1 aliphatic rings. The summed E-state index contributed by atoms with van der Waals surface area (Å²) < 4.78 is 15.5. The van der Waals surface area contributed by atoms with Crippen LogP contribution in [-0.4, -0.2) is 72.4 Å². The number of nitrogens with two attached hydrogens (primary N) is 1. The van der Waals surface area contributed by atoms with Crippen LogP contribution in [0.2, 0.25) is 0 Å². The molecular weight excluding hydrogens is 230 g/mol. The van der Waals surface area contributed by atoms with Crippen LogP contribution < -0.4 is 5.73 Å². The first-order chi connectivity index (χ1) is 8.07. The van der Waals surface area contributed by atoms with E-state index in [1.807, 2.05) is 0 Å². The molecule has 1 heterocycles. The van der Waals surface area contributed by atoms with Crippen molar-refractivity contribution in [2.24, 2.45) is 5.73 Å². The van der Waals surface area contributed by atoms with Gasteiger partial charge < -0.3 is 35.3 Å². The van der Waals surface area contributed by atoms with E-state index in [0.717, 1.165) is 0 Å². The highest BCUT2D eigenvalue weighted by Gasteiger charge is 2.42. The molecule has 0 bridgehead atoms. The van der Waals surface area contributed by atoms with Crippen LogP contribution in [0.4, 0.5) is 0 Å². The van der Waals surface area contributed by atoms with Crippen molar-refractivity contribution in [3.63, 3.8) is 0 Å². The number of rotatable bonds is 6. The van der Waals surface area contributed by atoms with Crippen molar-refractivity contribution in [1.82, 2.24) is 0 Å². The molecule has 5 atom stereocenters.